The Morgan fingerprint density at radius 3 is 2.54 bits per heavy atom. The minimum absolute atomic E-state index is 0. The first-order valence-corrected chi connectivity index (χ1v) is 8.56. The second-order valence-electron chi connectivity index (χ2n) is 6.59. The minimum atomic E-state index is -0.325. The molecule has 0 radical (unpaired) electrons. The largest absolute Gasteiger partial charge is 0.340 e. The van der Waals surface area contributed by atoms with Crippen molar-refractivity contribution in [3.05, 3.63) is 53.9 Å². The molecule has 2 amide bonds. The second-order valence-corrected chi connectivity index (χ2v) is 6.59. The van der Waals surface area contributed by atoms with Gasteiger partial charge in [0, 0.05) is 13.1 Å². The predicted molar refractivity (Wildman–Crippen MR) is 107 cm³/mol. The summed E-state index contributed by atoms with van der Waals surface area (Å²) >= 11 is 0. The van der Waals surface area contributed by atoms with Crippen LogP contribution < -0.4 is 5.32 Å². The van der Waals surface area contributed by atoms with Gasteiger partial charge in [0.1, 0.15) is 17.8 Å². The van der Waals surface area contributed by atoms with Gasteiger partial charge in [-0.2, -0.15) is 0 Å². The van der Waals surface area contributed by atoms with Gasteiger partial charge in [-0.05, 0) is 38.1 Å². The van der Waals surface area contributed by atoms with Crippen molar-refractivity contribution in [2.75, 3.05) is 12.4 Å². The fraction of sp³-hybridized carbons (Fsp3) is 0.211. The number of halogens is 1. The number of fused-ring (bicyclic) bond motifs is 1. The summed E-state index contributed by atoms with van der Waals surface area (Å²) in [5.74, 6) is 0.589. The molecule has 0 saturated heterocycles. The van der Waals surface area contributed by atoms with Gasteiger partial charge >= 0.3 is 0 Å². The molecular formula is C19H19ClN6O2. The van der Waals surface area contributed by atoms with Crippen LogP contribution in [-0.2, 0) is 0 Å². The van der Waals surface area contributed by atoms with Gasteiger partial charge < -0.3 is 9.88 Å². The third-order valence-electron chi connectivity index (χ3n) is 4.49. The van der Waals surface area contributed by atoms with Crippen LogP contribution in [0.1, 0.15) is 40.6 Å². The van der Waals surface area contributed by atoms with Crippen LogP contribution in [-0.4, -0.2) is 43.5 Å². The maximum absolute atomic E-state index is 12.4. The molecule has 0 saturated carbocycles. The van der Waals surface area contributed by atoms with Crippen LogP contribution in [0.2, 0.25) is 0 Å². The smallest absolute Gasteiger partial charge is 0.263 e. The van der Waals surface area contributed by atoms with Crippen molar-refractivity contribution in [3.8, 4) is 11.5 Å². The first-order chi connectivity index (χ1) is 13.0. The maximum atomic E-state index is 12.4. The van der Waals surface area contributed by atoms with E-state index in [1.54, 1.807) is 30.6 Å². The average molecular weight is 399 g/mol. The van der Waals surface area contributed by atoms with Crippen molar-refractivity contribution in [1.82, 2.24) is 24.6 Å². The molecule has 1 aliphatic rings. The number of rotatable bonds is 4. The standard InChI is InChI=1S/C19H18N6O2.ClH/c1-11(2)25-10-20-23-17(25)14-8-5-9-15(22-14)21-13-7-4-6-12-16(13)19(27)24(3)18(12)26;/h4-11H,1-3H3,(H,21,22);1H. The first kappa shape index (κ1) is 19.5. The monoisotopic (exact) mass is 398 g/mol. The van der Waals surface area contributed by atoms with Gasteiger partial charge in [0.15, 0.2) is 5.82 Å². The molecule has 0 atom stereocenters. The van der Waals surface area contributed by atoms with Crippen molar-refractivity contribution < 1.29 is 9.59 Å². The Labute approximate surface area is 168 Å². The number of hydrogen-bond donors (Lipinski definition) is 1. The number of nitrogens with one attached hydrogen (secondary N) is 1. The Balaban J connectivity index is 0.00000225. The van der Waals surface area contributed by atoms with E-state index in [0.717, 1.165) is 4.90 Å². The van der Waals surface area contributed by atoms with E-state index in [1.807, 2.05) is 30.5 Å². The topological polar surface area (TPSA) is 93.0 Å². The lowest BCUT2D eigenvalue weighted by Crippen LogP contribution is -2.24. The van der Waals surface area contributed by atoms with Crippen molar-refractivity contribution in [2.45, 2.75) is 19.9 Å². The number of amides is 2. The zero-order valence-corrected chi connectivity index (χ0v) is 16.4. The Morgan fingerprint density at radius 2 is 1.79 bits per heavy atom. The Kier molecular flexibility index (Phi) is 5.15. The number of imide groups is 1. The Bertz CT molecular complexity index is 1060. The van der Waals surface area contributed by atoms with Crippen LogP contribution in [0.25, 0.3) is 11.5 Å². The normalized spacial score (nSPS) is 12.9. The summed E-state index contributed by atoms with van der Waals surface area (Å²) in [5.41, 5.74) is 1.97. The number of aromatic nitrogens is 4. The molecule has 3 aromatic rings. The SMILES string of the molecule is CC(C)n1cnnc1-c1cccc(Nc2cccc3c2C(=O)N(C)C3=O)n1.Cl. The lowest BCUT2D eigenvalue weighted by Gasteiger charge is -2.12. The molecule has 1 N–H and O–H groups in total. The van der Waals surface area contributed by atoms with E-state index in [2.05, 4.69) is 20.5 Å². The highest BCUT2D eigenvalue weighted by atomic mass is 35.5. The lowest BCUT2D eigenvalue weighted by atomic mass is 10.1. The number of hydrogen-bond acceptors (Lipinski definition) is 6. The van der Waals surface area contributed by atoms with Gasteiger partial charge in [-0.3, -0.25) is 14.5 Å². The fourth-order valence-corrected chi connectivity index (χ4v) is 3.08. The highest BCUT2D eigenvalue weighted by Crippen LogP contribution is 2.30. The van der Waals surface area contributed by atoms with E-state index >= 15 is 0 Å². The first-order valence-electron chi connectivity index (χ1n) is 8.56. The van der Waals surface area contributed by atoms with Crippen molar-refractivity contribution in [2.24, 2.45) is 0 Å². The summed E-state index contributed by atoms with van der Waals surface area (Å²) < 4.78 is 1.93. The highest BCUT2D eigenvalue weighted by molar-refractivity contribution is 6.23. The minimum Gasteiger partial charge on any atom is -0.340 e. The van der Waals surface area contributed by atoms with Crippen molar-refractivity contribution >= 4 is 35.7 Å². The molecule has 2 aromatic heterocycles. The zero-order chi connectivity index (χ0) is 19.1. The van der Waals surface area contributed by atoms with Crippen LogP contribution in [0.5, 0.6) is 0 Å². The van der Waals surface area contributed by atoms with Gasteiger partial charge in [0.2, 0.25) is 0 Å². The van der Waals surface area contributed by atoms with Gasteiger partial charge in [-0.25, -0.2) is 4.98 Å². The lowest BCUT2D eigenvalue weighted by molar-refractivity contribution is 0.0693. The predicted octanol–water partition coefficient (Wildman–Crippen LogP) is 3.31. The summed E-state index contributed by atoms with van der Waals surface area (Å²) in [7, 11) is 1.48. The highest BCUT2D eigenvalue weighted by Gasteiger charge is 2.34. The van der Waals surface area contributed by atoms with E-state index in [1.165, 1.54) is 7.05 Å². The van der Waals surface area contributed by atoms with Gasteiger partial charge in [0.25, 0.3) is 11.8 Å². The van der Waals surface area contributed by atoms with Crippen molar-refractivity contribution in [3.63, 3.8) is 0 Å². The maximum Gasteiger partial charge on any atom is 0.263 e. The van der Waals surface area contributed by atoms with Gasteiger partial charge in [-0.1, -0.05) is 12.1 Å². The molecule has 0 aliphatic carbocycles. The number of carbonyl (C=O) groups excluding carboxylic acids is 2. The second kappa shape index (κ2) is 7.40. The molecule has 0 bridgehead atoms. The summed E-state index contributed by atoms with van der Waals surface area (Å²) in [5, 5.41) is 11.3. The summed E-state index contributed by atoms with van der Waals surface area (Å²) in [6.45, 7) is 4.09. The third kappa shape index (κ3) is 3.11. The average Bonchev–Trinajstić information content (AvgIpc) is 3.23. The van der Waals surface area contributed by atoms with Crippen LogP contribution in [0.4, 0.5) is 11.5 Å². The molecule has 9 heteroatoms. The van der Waals surface area contributed by atoms with E-state index < -0.39 is 0 Å². The van der Waals surface area contributed by atoms with Gasteiger partial charge in [-0.15, -0.1) is 22.6 Å². The third-order valence-corrected chi connectivity index (χ3v) is 4.49. The van der Waals surface area contributed by atoms with Gasteiger partial charge in [0.05, 0.1) is 16.8 Å². The van der Waals surface area contributed by atoms with Crippen LogP contribution >= 0.6 is 12.4 Å². The molecule has 1 aliphatic heterocycles. The molecule has 0 unspecified atom stereocenters. The molecule has 4 rings (SSSR count). The van der Waals surface area contributed by atoms with Crippen LogP contribution in [0.15, 0.2) is 42.7 Å². The van der Waals surface area contributed by atoms with E-state index in [9.17, 15) is 9.59 Å². The van der Waals surface area contributed by atoms with E-state index in [0.29, 0.717) is 34.2 Å². The zero-order valence-electron chi connectivity index (χ0n) is 15.6. The quantitative estimate of drug-likeness (QED) is 0.677. The number of anilines is 2. The number of nitrogens with zero attached hydrogens (tertiary/aromatic N) is 5. The molecular weight excluding hydrogens is 380 g/mol. The summed E-state index contributed by atoms with van der Waals surface area (Å²) in [6.07, 6.45) is 1.67. The summed E-state index contributed by atoms with van der Waals surface area (Å²) in [6, 6.07) is 10.9. The molecule has 3 heterocycles. The fourth-order valence-electron chi connectivity index (χ4n) is 3.08. The summed E-state index contributed by atoms with van der Waals surface area (Å²) in [4.78, 5) is 30.3. The molecule has 28 heavy (non-hydrogen) atoms. The Hall–Kier alpha value is -3.26. The number of benzene rings is 1. The molecule has 1 aromatic carbocycles. The number of pyridine rings is 1. The van der Waals surface area contributed by atoms with Crippen LogP contribution in [0, 0.1) is 0 Å². The van der Waals surface area contributed by atoms with Crippen molar-refractivity contribution in [1.29, 1.82) is 0 Å². The number of carbonyl (C=O) groups is 2. The molecule has 144 valence electrons. The molecule has 0 spiro atoms. The van der Waals surface area contributed by atoms with E-state index in [4.69, 9.17) is 0 Å². The Morgan fingerprint density at radius 1 is 1.04 bits per heavy atom. The molecule has 8 nitrogen and oxygen atoms in total. The van der Waals surface area contributed by atoms with Crippen LogP contribution in [0.3, 0.4) is 0 Å². The molecule has 0 fully saturated rings. The van der Waals surface area contributed by atoms with E-state index in [-0.39, 0.29) is 30.3 Å².